The molecule has 0 radical (unpaired) electrons. The molecule has 0 aliphatic carbocycles. The third-order valence-electron chi connectivity index (χ3n) is 2.56. The molecule has 3 N–H and O–H groups in total. The summed E-state index contributed by atoms with van der Waals surface area (Å²) in [4.78, 5) is 0. The van der Waals surface area contributed by atoms with Crippen molar-refractivity contribution in [3.05, 3.63) is 46.1 Å². The molecule has 0 aliphatic heterocycles. The van der Waals surface area contributed by atoms with Gasteiger partial charge in [-0.15, -0.1) is 12.4 Å². The summed E-state index contributed by atoms with van der Waals surface area (Å²) in [5.41, 5.74) is 6.43. The van der Waals surface area contributed by atoms with Gasteiger partial charge in [-0.1, -0.05) is 23.2 Å². The number of hydrogen-bond acceptors (Lipinski definition) is 3. The summed E-state index contributed by atoms with van der Waals surface area (Å²) < 4.78 is 5.64. The number of nitrogens with two attached hydrogens (primary N) is 1. The number of aliphatic hydroxyl groups excluding tert-OH is 1. The van der Waals surface area contributed by atoms with Gasteiger partial charge in [-0.25, -0.2) is 0 Å². The minimum atomic E-state index is -0.315. The topological polar surface area (TPSA) is 59.4 Å². The summed E-state index contributed by atoms with van der Waals surface area (Å²) in [7, 11) is 0. The highest BCUT2D eigenvalue weighted by atomic mass is 35.5. The van der Waals surface area contributed by atoms with Crippen molar-refractivity contribution in [1.82, 2.24) is 0 Å². The van der Waals surface area contributed by atoms with Crippen LogP contribution in [0.3, 0.4) is 0 Å². The van der Waals surface area contributed by atoms with Crippen LogP contribution in [0.4, 0.5) is 0 Å². The van der Waals surface area contributed by atoms with E-state index in [2.05, 4.69) is 0 Å². The van der Waals surface area contributed by atoms with Gasteiger partial charge in [-0.2, -0.15) is 0 Å². The molecule has 19 heavy (non-hydrogen) atoms. The van der Waals surface area contributed by atoms with Crippen molar-refractivity contribution in [3.8, 4) is 11.3 Å². The summed E-state index contributed by atoms with van der Waals surface area (Å²) in [6, 6.07) is 8.57. The lowest BCUT2D eigenvalue weighted by atomic mass is 10.2. The van der Waals surface area contributed by atoms with E-state index in [1.165, 1.54) is 0 Å². The van der Waals surface area contributed by atoms with Gasteiger partial charge >= 0.3 is 0 Å². The van der Waals surface area contributed by atoms with Gasteiger partial charge in [0, 0.05) is 23.0 Å². The summed E-state index contributed by atoms with van der Waals surface area (Å²) >= 11 is 11.9. The third-order valence-corrected chi connectivity index (χ3v) is 3.10. The molecule has 0 aliphatic rings. The number of benzene rings is 1. The standard InChI is InChI=1S/C13H13Cl2NO2.ClH/c14-8-1-3-11(12(15)5-8)13-4-2-10(18-13)6-9(16)7-17;/h1-5,9,17H,6-7,16H2;1H. The second-order valence-electron chi connectivity index (χ2n) is 4.04. The number of rotatable bonds is 4. The third kappa shape index (κ3) is 4.13. The molecule has 2 aromatic rings. The second-order valence-corrected chi connectivity index (χ2v) is 4.88. The highest BCUT2D eigenvalue weighted by molar-refractivity contribution is 6.36. The molecular weight excluding hydrogens is 309 g/mol. The average molecular weight is 323 g/mol. The van der Waals surface area contributed by atoms with Crippen LogP contribution in [0.25, 0.3) is 11.3 Å². The molecule has 3 nitrogen and oxygen atoms in total. The summed E-state index contributed by atoms with van der Waals surface area (Å²) in [5.74, 6) is 1.38. The van der Waals surface area contributed by atoms with E-state index >= 15 is 0 Å². The fraction of sp³-hybridized carbons (Fsp3) is 0.231. The van der Waals surface area contributed by atoms with Gasteiger partial charge in [-0.05, 0) is 30.3 Å². The Morgan fingerprint density at radius 3 is 2.58 bits per heavy atom. The van der Waals surface area contributed by atoms with E-state index in [1.54, 1.807) is 18.2 Å². The molecule has 1 atom stereocenters. The predicted octanol–water partition coefficient (Wildman–Crippen LogP) is 3.54. The summed E-state index contributed by atoms with van der Waals surface area (Å²) in [6.07, 6.45) is 0.488. The maximum atomic E-state index is 8.89. The van der Waals surface area contributed by atoms with Gasteiger partial charge < -0.3 is 15.3 Å². The van der Waals surface area contributed by atoms with E-state index in [0.717, 1.165) is 11.3 Å². The largest absolute Gasteiger partial charge is 0.461 e. The minimum Gasteiger partial charge on any atom is -0.461 e. The smallest absolute Gasteiger partial charge is 0.135 e. The molecule has 0 saturated carbocycles. The zero-order chi connectivity index (χ0) is 13.1. The Hall–Kier alpha value is -0.710. The van der Waals surface area contributed by atoms with E-state index < -0.39 is 0 Å². The zero-order valence-corrected chi connectivity index (χ0v) is 12.3. The van der Waals surface area contributed by atoms with E-state index in [9.17, 15) is 0 Å². The molecule has 0 spiro atoms. The van der Waals surface area contributed by atoms with Gasteiger partial charge in [0.05, 0.1) is 11.6 Å². The second kappa shape index (κ2) is 7.17. The first-order chi connectivity index (χ1) is 8.60. The lowest BCUT2D eigenvalue weighted by molar-refractivity contribution is 0.260. The molecule has 1 heterocycles. The maximum absolute atomic E-state index is 8.89. The van der Waals surface area contributed by atoms with Crippen molar-refractivity contribution in [2.75, 3.05) is 6.61 Å². The van der Waals surface area contributed by atoms with Crippen LogP contribution in [0.5, 0.6) is 0 Å². The Balaban J connectivity index is 0.00000180. The molecular formula is C13H14Cl3NO2. The summed E-state index contributed by atoms with van der Waals surface area (Å²) in [6.45, 7) is -0.0717. The van der Waals surface area contributed by atoms with Crippen LogP contribution < -0.4 is 5.73 Å². The van der Waals surface area contributed by atoms with Crippen LogP contribution in [0.2, 0.25) is 10.0 Å². The molecule has 1 unspecified atom stereocenters. The Kier molecular flexibility index (Phi) is 6.17. The highest BCUT2D eigenvalue weighted by Crippen LogP contribution is 2.31. The van der Waals surface area contributed by atoms with Crippen molar-refractivity contribution < 1.29 is 9.52 Å². The van der Waals surface area contributed by atoms with Gasteiger partial charge in [0.25, 0.3) is 0 Å². The van der Waals surface area contributed by atoms with Gasteiger partial charge in [0.1, 0.15) is 11.5 Å². The molecule has 0 amide bonds. The van der Waals surface area contributed by atoms with Crippen molar-refractivity contribution in [3.63, 3.8) is 0 Å². The van der Waals surface area contributed by atoms with Gasteiger partial charge in [0.15, 0.2) is 0 Å². The van der Waals surface area contributed by atoms with Crippen molar-refractivity contribution in [2.24, 2.45) is 5.73 Å². The number of aliphatic hydroxyl groups is 1. The fourth-order valence-corrected chi connectivity index (χ4v) is 2.15. The molecule has 0 fully saturated rings. The van der Waals surface area contributed by atoms with E-state index in [0.29, 0.717) is 22.2 Å². The van der Waals surface area contributed by atoms with Crippen LogP contribution in [-0.4, -0.2) is 17.8 Å². The van der Waals surface area contributed by atoms with E-state index in [-0.39, 0.29) is 25.1 Å². The first-order valence-corrected chi connectivity index (χ1v) is 6.26. The first-order valence-electron chi connectivity index (χ1n) is 5.50. The van der Waals surface area contributed by atoms with Crippen LogP contribution in [0.1, 0.15) is 5.76 Å². The van der Waals surface area contributed by atoms with Crippen LogP contribution in [0.15, 0.2) is 34.7 Å². The van der Waals surface area contributed by atoms with Crippen LogP contribution in [0, 0.1) is 0 Å². The average Bonchev–Trinajstić information content (AvgIpc) is 2.77. The van der Waals surface area contributed by atoms with Crippen LogP contribution in [-0.2, 0) is 6.42 Å². The van der Waals surface area contributed by atoms with Crippen LogP contribution >= 0.6 is 35.6 Å². The lowest BCUT2D eigenvalue weighted by Crippen LogP contribution is -2.26. The zero-order valence-electron chi connectivity index (χ0n) is 9.98. The molecule has 1 aromatic carbocycles. The molecule has 0 bridgehead atoms. The molecule has 1 aromatic heterocycles. The van der Waals surface area contributed by atoms with Crippen molar-refractivity contribution >= 4 is 35.6 Å². The summed E-state index contributed by atoms with van der Waals surface area (Å²) in [5, 5.41) is 10.0. The molecule has 104 valence electrons. The number of furan rings is 1. The number of hydrogen-bond donors (Lipinski definition) is 2. The molecule has 2 rings (SSSR count). The van der Waals surface area contributed by atoms with Gasteiger partial charge in [0.2, 0.25) is 0 Å². The Morgan fingerprint density at radius 2 is 1.95 bits per heavy atom. The Morgan fingerprint density at radius 1 is 1.21 bits per heavy atom. The maximum Gasteiger partial charge on any atom is 0.135 e. The minimum absolute atomic E-state index is 0. The number of halogens is 3. The lowest BCUT2D eigenvalue weighted by Gasteiger charge is -2.05. The van der Waals surface area contributed by atoms with Gasteiger partial charge in [-0.3, -0.25) is 0 Å². The Bertz CT molecular complexity index is 542. The van der Waals surface area contributed by atoms with E-state index in [4.69, 9.17) is 38.5 Å². The van der Waals surface area contributed by atoms with Crippen molar-refractivity contribution in [2.45, 2.75) is 12.5 Å². The monoisotopic (exact) mass is 321 g/mol. The molecule has 6 heteroatoms. The predicted molar refractivity (Wildman–Crippen MR) is 80.2 cm³/mol. The highest BCUT2D eigenvalue weighted by Gasteiger charge is 2.11. The normalized spacial score (nSPS) is 12.0. The Labute approximate surface area is 127 Å². The van der Waals surface area contributed by atoms with Crippen molar-refractivity contribution in [1.29, 1.82) is 0 Å². The van der Waals surface area contributed by atoms with E-state index in [1.807, 2.05) is 12.1 Å². The fourth-order valence-electron chi connectivity index (χ4n) is 1.64. The quantitative estimate of drug-likeness (QED) is 0.905. The SMILES string of the molecule is Cl.NC(CO)Cc1ccc(-c2ccc(Cl)cc2Cl)o1. The molecule has 0 saturated heterocycles. The first kappa shape index (κ1) is 16.3.